The molecule has 1 aromatic rings. The monoisotopic (exact) mass is 337 g/mol. The SMILES string of the molecule is CCOC(=O)C(C)(C)N1C(=O)C(C)(C)Oc2ccc([N+](=O)[O-])nc21. The quantitative estimate of drug-likeness (QED) is 0.468. The second kappa shape index (κ2) is 5.73. The highest BCUT2D eigenvalue weighted by Crippen LogP contribution is 2.41. The van der Waals surface area contributed by atoms with Crippen LogP contribution in [0.5, 0.6) is 5.75 Å². The predicted molar refractivity (Wildman–Crippen MR) is 83.8 cm³/mol. The third-order valence-electron chi connectivity index (χ3n) is 3.64. The van der Waals surface area contributed by atoms with Crippen molar-refractivity contribution < 1.29 is 24.0 Å². The molecule has 1 aromatic heterocycles. The molecule has 2 heterocycles. The zero-order valence-electron chi connectivity index (χ0n) is 14.2. The first kappa shape index (κ1) is 17.6. The van der Waals surface area contributed by atoms with Crippen LogP contribution in [-0.4, -0.2) is 39.5 Å². The Hall–Kier alpha value is -2.71. The van der Waals surface area contributed by atoms with Crippen molar-refractivity contribution in [3.05, 3.63) is 22.2 Å². The number of fused-ring (bicyclic) bond motifs is 1. The number of ether oxygens (including phenoxy) is 2. The lowest BCUT2D eigenvalue weighted by Gasteiger charge is -2.42. The number of rotatable bonds is 4. The molecule has 0 radical (unpaired) electrons. The van der Waals surface area contributed by atoms with Gasteiger partial charge in [0, 0.05) is 6.07 Å². The molecule has 0 fully saturated rings. The maximum absolute atomic E-state index is 12.8. The van der Waals surface area contributed by atoms with Crippen LogP contribution in [0.25, 0.3) is 0 Å². The van der Waals surface area contributed by atoms with Crippen LogP contribution in [0.2, 0.25) is 0 Å². The van der Waals surface area contributed by atoms with Gasteiger partial charge in [0.1, 0.15) is 5.54 Å². The van der Waals surface area contributed by atoms with Crippen molar-refractivity contribution in [3.63, 3.8) is 0 Å². The second-order valence-electron chi connectivity index (χ2n) is 6.28. The number of anilines is 1. The number of carbonyl (C=O) groups is 2. The third-order valence-corrected chi connectivity index (χ3v) is 3.64. The van der Waals surface area contributed by atoms with Crippen molar-refractivity contribution in [2.45, 2.75) is 45.8 Å². The molecule has 0 saturated carbocycles. The first-order valence-corrected chi connectivity index (χ1v) is 7.38. The topological polar surface area (TPSA) is 112 Å². The molecule has 1 aliphatic rings. The van der Waals surface area contributed by atoms with E-state index >= 15 is 0 Å². The van der Waals surface area contributed by atoms with E-state index in [1.165, 1.54) is 26.0 Å². The zero-order valence-corrected chi connectivity index (χ0v) is 14.2. The van der Waals surface area contributed by atoms with Crippen molar-refractivity contribution in [2.75, 3.05) is 11.5 Å². The number of aromatic nitrogens is 1. The van der Waals surface area contributed by atoms with Gasteiger partial charge < -0.3 is 19.6 Å². The van der Waals surface area contributed by atoms with Gasteiger partial charge in [-0.05, 0) is 50.6 Å². The summed E-state index contributed by atoms with van der Waals surface area (Å²) in [7, 11) is 0. The molecule has 9 heteroatoms. The number of hydrogen-bond acceptors (Lipinski definition) is 7. The Morgan fingerprint density at radius 1 is 1.46 bits per heavy atom. The number of nitrogens with zero attached hydrogens (tertiary/aromatic N) is 3. The Balaban J connectivity index is 2.65. The lowest BCUT2D eigenvalue weighted by molar-refractivity contribution is -0.389. The Morgan fingerprint density at radius 3 is 2.62 bits per heavy atom. The van der Waals surface area contributed by atoms with Gasteiger partial charge in [0.15, 0.2) is 11.4 Å². The van der Waals surface area contributed by atoms with Crippen molar-refractivity contribution >= 4 is 23.5 Å². The van der Waals surface area contributed by atoms with Gasteiger partial charge in [-0.15, -0.1) is 0 Å². The first-order chi connectivity index (χ1) is 11.0. The van der Waals surface area contributed by atoms with E-state index in [1.807, 2.05) is 0 Å². The molecule has 1 aliphatic heterocycles. The maximum Gasteiger partial charge on any atom is 0.366 e. The van der Waals surface area contributed by atoms with Gasteiger partial charge in [0.25, 0.3) is 11.7 Å². The number of nitro groups is 1. The van der Waals surface area contributed by atoms with Crippen LogP contribution in [0.4, 0.5) is 11.6 Å². The number of carbonyl (C=O) groups excluding carboxylic acids is 2. The summed E-state index contributed by atoms with van der Waals surface area (Å²) in [5, 5.41) is 11.0. The molecule has 0 saturated heterocycles. The van der Waals surface area contributed by atoms with E-state index in [2.05, 4.69) is 4.98 Å². The fourth-order valence-electron chi connectivity index (χ4n) is 2.37. The summed E-state index contributed by atoms with van der Waals surface area (Å²) >= 11 is 0. The maximum atomic E-state index is 12.8. The fraction of sp³-hybridized carbons (Fsp3) is 0.533. The highest BCUT2D eigenvalue weighted by atomic mass is 16.6. The van der Waals surface area contributed by atoms with Crippen molar-refractivity contribution in [1.29, 1.82) is 0 Å². The minimum atomic E-state index is -1.41. The van der Waals surface area contributed by atoms with Crippen LogP contribution in [0.3, 0.4) is 0 Å². The van der Waals surface area contributed by atoms with Gasteiger partial charge in [-0.25, -0.2) is 4.79 Å². The number of hydrogen-bond donors (Lipinski definition) is 0. The Labute approximate surface area is 138 Å². The minimum Gasteiger partial charge on any atom is -0.472 e. The molecule has 0 N–H and O–H groups in total. The lowest BCUT2D eigenvalue weighted by Crippen LogP contribution is -2.63. The largest absolute Gasteiger partial charge is 0.472 e. The van der Waals surface area contributed by atoms with Crippen molar-refractivity contribution in [2.24, 2.45) is 0 Å². The lowest BCUT2D eigenvalue weighted by atomic mass is 9.96. The summed E-state index contributed by atoms with van der Waals surface area (Å²) in [6.07, 6.45) is 0. The predicted octanol–water partition coefficient (Wildman–Crippen LogP) is 1.84. The van der Waals surface area contributed by atoms with Gasteiger partial charge in [-0.1, -0.05) is 0 Å². The van der Waals surface area contributed by atoms with E-state index < -0.39 is 33.8 Å². The summed E-state index contributed by atoms with van der Waals surface area (Å²) < 4.78 is 10.6. The summed E-state index contributed by atoms with van der Waals surface area (Å²) in [5.41, 5.74) is -2.67. The first-order valence-electron chi connectivity index (χ1n) is 7.38. The molecule has 0 bridgehead atoms. The summed E-state index contributed by atoms with van der Waals surface area (Å²) in [4.78, 5) is 40.5. The van der Waals surface area contributed by atoms with Crippen LogP contribution in [0, 0.1) is 10.1 Å². The second-order valence-corrected chi connectivity index (χ2v) is 6.28. The van der Waals surface area contributed by atoms with E-state index in [0.717, 1.165) is 4.90 Å². The molecule has 0 aliphatic carbocycles. The Morgan fingerprint density at radius 2 is 2.08 bits per heavy atom. The van der Waals surface area contributed by atoms with Gasteiger partial charge in [0.2, 0.25) is 0 Å². The molecular formula is C15H19N3O6. The highest BCUT2D eigenvalue weighted by molar-refractivity contribution is 6.07. The smallest absolute Gasteiger partial charge is 0.366 e. The summed E-state index contributed by atoms with van der Waals surface area (Å²) in [6.45, 7) is 7.88. The van der Waals surface area contributed by atoms with Crippen LogP contribution >= 0.6 is 0 Å². The summed E-state index contributed by atoms with van der Waals surface area (Å²) in [6, 6.07) is 2.54. The fourth-order valence-corrected chi connectivity index (χ4v) is 2.37. The number of esters is 1. The molecule has 0 aromatic carbocycles. The van der Waals surface area contributed by atoms with E-state index in [-0.39, 0.29) is 18.2 Å². The Kier molecular flexibility index (Phi) is 4.21. The highest BCUT2D eigenvalue weighted by Gasteiger charge is 2.53. The van der Waals surface area contributed by atoms with Crippen LogP contribution in [-0.2, 0) is 14.3 Å². The normalized spacial score (nSPS) is 16.2. The zero-order chi connectivity index (χ0) is 18.3. The standard InChI is InChI=1S/C15H19N3O6/c1-6-23-13(20)14(2,3)17-11-9(24-15(4,5)12(17)19)7-8-10(16-11)18(21)22/h7-8H,6H2,1-5H3. The summed E-state index contributed by atoms with van der Waals surface area (Å²) in [5.74, 6) is -1.53. The molecule has 9 nitrogen and oxygen atoms in total. The molecule has 1 amide bonds. The van der Waals surface area contributed by atoms with Gasteiger partial charge in [0.05, 0.1) is 6.61 Å². The van der Waals surface area contributed by atoms with E-state index in [9.17, 15) is 19.7 Å². The number of pyridine rings is 1. The average Bonchev–Trinajstić information content (AvgIpc) is 2.47. The van der Waals surface area contributed by atoms with Gasteiger partial charge in [-0.3, -0.25) is 9.69 Å². The third kappa shape index (κ3) is 2.77. The van der Waals surface area contributed by atoms with Gasteiger partial charge in [-0.2, -0.15) is 0 Å². The molecule has 0 spiro atoms. The molecular weight excluding hydrogens is 318 g/mol. The van der Waals surface area contributed by atoms with Crippen molar-refractivity contribution in [1.82, 2.24) is 4.98 Å². The average molecular weight is 337 g/mol. The minimum absolute atomic E-state index is 0.0772. The van der Waals surface area contributed by atoms with Crippen LogP contribution < -0.4 is 9.64 Å². The van der Waals surface area contributed by atoms with Crippen LogP contribution in [0.15, 0.2) is 12.1 Å². The van der Waals surface area contributed by atoms with Gasteiger partial charge >= 0.3 is 11.8 Å². The number of amides is 1. The van der Waals surface area contributed by atoms with E-state index in [0.29, 0.717) is 0 Å². The molecule has 130 valence electrons. The molecule has 24 heavy (non-hydrogen) atoms. The van der Waals surface area contributed by atoms with Crippen molar-refractivity contribution in [3.8, 4) is 5.75 Å². The molecule has 0 unspecified atom stereocenters. The van der Waals surface area contributed by atoms with Crippen LogP contribution in [0.1, 0.15) is 34.6 Å². The van der Waals surface area contributed by atoms with E-state index in [1.54, 1.807) is 20.8 Å². The molecule has 2 rings (SSSR count). The molecule has 0 atom stereocenters. The van der Waals surface area contributed by atoms with E-state index in [4.69, 9.17) is 9.47 Å². The Bertz CT molecular complexity index is 713.